The molecule has 0 bridgehead atoms. The van der Waals surface area contributed by atoms with Crippen LogP contribution in [0.25, 0.3) is 11.1 Å². The molecule has 1 aliphatic rings. The lowest BCUT2D eigenvalue weighted by molar-refractivity contribution is 0.101. The summed E-state index contributed by atoms with van der Waals surface area (Å²) in [5.74, 6) is 0.110. The summed E-state index contributed by atoms with van der Waals surface area (Å²) in [4.78, 5) is 16.2. The van der Waals surface area contributed by atoms with Crippen molar-refractivity contribution in [3.05, 3.63) is 59.7 Å². The predicted octanol–water partition coefficient (Wildman–Crippen LogP) is 3.69. The maximum absolute atomic E-state index is 11.4. The van der Waals surface area contributed by atoms with Gasteiger partial charge in [-0.25, -0.2) is 0 Å². The Morgan fingerprint density at radius 2 is 1.62 bits per heavy atom. The van der Waals surface area contributed by atoms with Crippen LogP contribution in [0.15, 0.2) is 48.5 Å². The first-order valence-electron chi connectivity index (χ1n) is 8.62. The van der Waals surface area contributed by atoms with Gasteiger partial charge in [0.15, 0.2) is 5.78 Å². The first-order chi connectivity index (χ1) is 11.5. The summed E-state index contributed by atoms with van der Waals surface area (Å²) in [6.07, 6.45) is 1.26. The van der Waals surface area contributed by atoms with E-state index in [2.05, 4.69) is 48.2 Å². The fourth-order valence-electron chi connectivity index (χ4n) is 3.34. The minimum absolute atomic E-state index is 0.110. The third-order valence-electron chi connectivity index (χ3n) is 4.96. The van der Waals surface area contributed by atoms with E-state index < -0.39 is 0 Å². The van der Waals surface area contributed by atoms with Gasteiger partial charge in [-0.05, 0) is 44.1 Å². The molecule has 0 N–H and O–H groups in total. The van der Waals surface area contributed by atoms with Gasteiger partial charge in [0.05, 0.1) is 0 Å². The molecule has 1 unspecified atom stereocenters. The zero-order chi connectivity index (χ0) is 17.1. The SMILES string of the molecule is CC(=O)c1ccc(-c2ccc(CN3CCC(N(C)C)C3)cc2)cc1. The lowest BCUT2D eigenvalue weighted by atomic mass is 10.0. The molecule has 0 radical (unpaired) electrons. The van der Waals surface area contributed by atoms with Crippen LogP contribution in [0.5, 0.6) is 0 Å². The monoisotopic (exact) mass is 322 g/mol. The minimum atomic E-state index is 0.110. The fourth-order valence-corrected chi connectivity index (χ4v) is 3.34. The Balaban J connectivity index is 1.64. The second kappa shape index (κ2) is 7.29. The Morgan fingerprint density at radius 3 is 2.12 bits per heavy atom. The van der Waals surface area contributed by atoms with Gasteiger partial charge in [0.1, 0.15) is 0 Å². The number of hydrogen-bond acceptors (Lipinski definition) is 3. The van der Waals surface area contributed by atoms with Crippen LogP contribution in [0.4, 0.5) is 0 Å². The van der Waals surface area contributed by atoms with Gasteiger partial charge in [-0.2, -0.15) is 0 Å². The highest BCUT2D eigenvalue weighted by Crippen LogP contribution is 2.22. The van der Waals surface area contributed by atoms with Gasteiger partial charge in [-0.1, -0.05) is 48.5 Å². The normalized spacial score (nSPS) is 18.2. The molecule has 1 fully saturated rings. The maximum Gasteiger partial charge on any atom is 0.159 e. The van der Waals surface area contributed by atoms with Crippen LogP contribution in [-0.4, -0.2) is 48.8 Å². The number of rotatable bonds is 5. The number of Topliss-reactive ketones (excluding diaryl/α,β-unsaturated/α-hetero) is 1. The molecule has 24 heavy (non-hydrogen) atoms. The van der Waals surface area contributed by atoms with Crippen molar-refractivity contribution >= 4 is 5.78 Å². The molecule has 3 rings (SSSR count). The summed E-state index contributed by atoms with van der Waals surface area (Å²) >= 11 is 0. The van der Waals surface area contributed by atoms with Crippen LogP contribution in [0.2, 0.25) is 0 Å². The highest BCUT2D eigenvalue weighted by atomic mass is 16.1. The van der Waals surface area contributed by atoms with Crippen molar-refractivity contribution in [1.82, 2.24) is 9.80 Å². The van der Waals surface area contributed by atoms with E-state index in [1.54, 1.807) is 6.92 Å². The van der Waals surface area contributed by atoms with Crippen molar-refractivity contribution in [1.29, 1.82) is 0 Å². The van der Waals surface area contributed by atoms with Gasteiger partial charge in [0.25, 0.3) is 0 Å². The van der Waals surface area contributed by atoms with E-state index in [9.17, 15) is 4.79 Å². The molecule has 0 saturated carbocycles. The average Bonchev–Trinajstić information content (AvgIpc) is 3.04. The van der Waals surface area contributed by atoms with Gasteiger partial charge in [0.2, 0.25) is 0 Å². The van der Waals surface area contributed by atoms with Gasteiger partial charge < -0.3 is 4.90 Å². The lowest BCUT2D eigenvalue weighted by Gasteiger charge is -2.20. The molecule has 0 aliphatic carbocycles. The topological polar surface area (TPSA) is 23.6 Å². The average molecular weight is 322 g/mol. The van der Waals surface area contributed by atoms with Gasteiger partial charge >= 0.3 is 0 Å². The van der Waals surface area contributed by atoms with Crippen molar-refractivity contribution < 1.29 is 4.79 Å². The fraction of sp³-hybridized carbons (Fsp3) is 0.381. The molecular formula is C21H26N2O. The van der Waals surface area contributed by atoms with Gasteiger partial charge in [-0.15, -0.1) is 0 Å². The van der Waals surface area contributed by atoms with Crippen molar-refractivity contribution in [2.75, 3.05) is 27.2 Å². The third-order valence-corrected chi connectivity index (χ3v) is 4.96. The number of carbonyl (C=O) groups is 1. The molecule has 1 heterocycles. The highest BCUT2D eigenvalue weighted by Gasteiger charge is 2.23. The molecule has 0 spiro atoms. The summed E-state index contributed by atoms with van der Waals surface area (Å²) in [5.41, 5.74) is 4.47. The number of ketones is 1. The summed E-state index contributed by atoms with van der Waals surface area (Å²) in [6, 6.07) is 17.3. The summed E-state index contributed by atoms with van der Waals surface area (Å²) in [7, 11) is 4.33. The molecule has 126 valence electrons. The molecule has 1 aliphatic heterocycles. The number of hydrogen-bond donors (Lipinski definition) is 0. The van der Waals surface area contributed by atoms with E-state index in [1.165, 1.54) is 24.1 Å². The van der Waals surface area contributed by atoms with Crippen molar-refractivity contribution in [3.63, 3.8) is 0 Å². The predicted molar refractivity (Wildman–Crippen MR) is 99.3 cm³/mol. The third kappa shape index (κ3) is 3.92. The smallest absolute Gasteiger partial charge is 0.159 e. The molecule has 3 heteroatoms. The molecule has 1 atom stereocenters. The quantitative estimate of drug-likeness (QED) is 0.784. The molecule has 2 aromatic carbocycles. The summed E-state index contributed by atoms with van der Waals surface area (Å²) < 4.78 is 0. The van der Waals surface area contributed by atoms with E-state index >= 15 is 0 Å². The van der Waals surface area contributed by atoms with Crippen LogP contribution < -0.4 is 0 Å². The van der Waals surface area contributed by atoms with Crippen molar-refractivity contribution in [3.8, 4) is 11.1 Å². The standard InChI is InChI=1S/C21H26N2O/c1-16(24)18-8-10-20(11-9-18)19-6-4-17(5-7-19)14-23-13-12-21(15-23)22(2)3/h4-11,21H,12-15H2,1-3H3. The van der Waals surface area contributed by atoms with Crippen LogP contribution in [-0.2, 0) is 6.54 Å². The number of likely N-dealkylation sites (tertiary alicyclic amines) is 1. The molecular weight excluding hydrogens is 296 g/mol. The number of likely N-dealkylation sites (N-methyl/N-ethyl adjacent to an activating group) is 1. The van der Waals surface area contributed by atoms with E-state index in [0.29, 0.717) is 6.04 Å². The summed E-state index contributed by atoms with van der Waals surface area (Å²) in [5, 5.41) is 0. The molecule has 2 aromatic rings. The summed E-state index contributed by atoms with van der Waals surface area (Å²) in [6.45, 7) is 4.95. The van der Waals surface area contributed by atoms with E-state index in [-0.39, 0.29) is 5.78 Å². The maximum atomic E-state index is 11.4. The highest BCUT2D eigenvalue weighted by molar-refractivity contribution is 5.94. The van der Waals surface area contributed by atoms with Crippen molar-refractivity contribution in [2.24, 2.45) is 0 Å². The van der Waals surface area contributed by atoms with Crippen LogP contribution >= 0.6 is 0 Å². The van der Waals surface area contributed by atoms with E-state index in [1.807, 2.05) is 24.3 Å². The van der Waals surface area contributed by atoms with Crippen LogP contribution in [0, 0.1) is 0 Å². The van der Waals surface area contributed by atoms with Crippen LogP contribution in [0.3, 0.4) is 0 Å². The second-order valence-electron chi connectivity index (χ2n) is 6.97. The number of nitrogens with zero attached hydrogens (tertiary/aromatic N) is 2. The Bertz CT molecular complexity index is 689. The largest absolute Gasteiger partial charge is 0.305 e. The minimum Gasteiger partial charge on any atom is -0.305 e. The molecule has 3 nitrogen and oxygen atoms in total. The Morgan fingerprint density at radius 1 is 1.04 bits per heavy atom. The van der Waals surface area contributed by atoms with Gasteiger partial charge in [0, 0.05) is 31.2 Å². The number of benzene rings is 2. The second-order valence-corrected chi connectivity index (χ2v) is 6.97. The first-order valence-corrected chi connectivity index (χ1v) is 8.62. The molecule has 0 aromatic heterocycles. The van der Waals surface area contributed by atoms with Crippen molar-refractivity contribution in [2.45, 2.75) is 25.9 Å². The van der Waals surface area contributed by atoms with E-state index in [0.717, 1.165) is 24.2 Å². The van der Waals surface area contributed by atoms with E-state index in [4.69, 9.17) is 0 Å². The molecule has 1 saturated heterocycles. The Kier molecular flexibility index (Phi) is 5.12. The Labute approximate surface area is 144 Å². The lowest BCUT2D eigenvalue weighted by Crippen LogP contribution is -2.31. The zero-order valence-electron chi connectivity index (χ0n) is 14.8. The first kappa shape index (κ1) is 16.9. The Hall–Kier alpha value is -1.97. The zero-order valence-corrected chi connectivity index (χ0v) is 14.8. The van der Waals surface area contributed by atoms with Crippen LogP contribution in [0.1, 0.15) is 29.3 Å². The molecule has 0 amide bonds. The number of carbonyl (C=O) groups excluding carboxylic acids is 1. The van der Waals surface area contributed by atoms with Gasteiger partial charge in [-0.3, -0.25) is 9.69 Å².